The Hall–Kier alpha value is -2.12. The van der Waals surface area contributed by atoms with Gasteiger partial charge in [0.05, 0.1) is 12.1 Å². The molecule has 106 valence electrons. The van der Waals surface area contributed by atoms with Crippen LogP contribution in [0, 0.1) is 6.92 Å². The molecule has 1 amide bonds. The summed E-state index contributed by atoms with van der Waals surface area (Å²) < 4.78 is 0. The Bertz CT molecular complexity index is 751. The number of nitrogens with zero attached hydrogens (tertiary/aromatic N) is 3. The minimum absolute atomic E-state index is 0.129. The van der Waals surface area contributed by atoms with Crippen LogP contribution in [0.15, 0.2) is 35.7 Å². The van der Waals surface area contributed by atoms with Gasteiger partial charge in [0.2, 0.25) is 11.0 Å². The largest absolute Gasteiger partial charge is 0.300 e. The molecule has 3 aromatic rings. The first kappa shape index (κ1) is 13.8. The van der Waals surface area contributed by atoms with Gasteiger partial charge >= 0.3 is 0 Å². The summed E-state index contributed by atoms with van der Waals surface area (Å²) in [5.74, 6) is -0.129. The van der Waals surface area contributed by atoms with Gasteiger partial charge in [0.1, 0.15) is 10.0 Å². The molecule has 0 spiro atoms. The maximum absolute atomic E-state index is 11.9. The van der Waals surface area contributed by atoms with Crippen LogP contribution in [-0.4, -0.2) is 21.1 Å². The normalized spacial score (nSPS) is 10.5. The molecule has 21 heavy (non-hydrogen) atoms. The number of carbonyl (C=O) groups is 1. The first-order chi connectivity index (χ1) is 10.2. The summed E-state index contributed by atoms with van der Waals surface area (Å²) in [5.41, 5.74) is 1.83. The highest BCUT2D eigenvalue weighted by molar-refractivity contribution is 7.15. The highest BCUT2D eigenvalue weighted by Gasteiger charge is 2.11. The number of rotatable bonds is 4. The molecule has 5 nitrogen and oxygen atoms in total. The number of amides is 1. The number of hydrogen-bond acceptors (Lipinski definition) is 6. The smallest absolute Gasteiger partial charge is 0.232 e. The molecule has 1 aromatic carbocycles. The molecule has 2 aromatic heterocycles. The van der Waals surface area contributed by atoms with E-state index in [1.54, 1.807) is 0 Å². The number of aromatic nitrogens is 3. The molecule has 0 aliphatic carbocycles. The number of anilines is 1. The Morgan fingerprint density at radius 3 is 2.76 bits per heavy atom. The average molecular weight is 316 g/mol. The maximum atomic E-state index is 11.9. The van der Waals surface area contributed by atoms with Crippen molar-refractivity contribution in [2.45, 2.75) is 13.3 Å². The van der Waals surface area contributed by atoms with Crippen LogP contribution in [0.4, 0.5) is 5.13 Å². The van der Waals surface area contributed by atoms with Crippen LogP contribution >= 0.6 is 22.7 Å². The van der Waals surface area contributed by atoms with Crippen molar-refractivity contribution in [2.75, 3.05) is 5.32 Å². The van der Waals surface area contributed by atoms with E-state index in [9.17, 15) is 4.79 Å². The molecule has 2 heterocycles. The van der Waals surface area contributed by atoms with Crippen LogP contribution in [-0.2, 0) is 11.2 Å². The van der Waals surface area contributed by atoms with E-state index in [1.807, 2.05) is 42.6 Å². The van der Waals surface area contributed by atoms with Gasteiger partial charge in [-0.25, -0.2) is 4.98 Å². The molecule has 7 heteroatoms. The Labute approximate surface area is 129 Å². The zero-order valence-corrected chi connectivity index (χ0v) is 12.9. The molecular formula is C14H12N4OS2. The molecule has 1 N–H and O–H groups in total. The van der Waals surface area contributed by atoms with Crippen LogP contribution in [0.5, 0.6) is 0 Å². The Kier molecular flexibility index (Phi) is 4.03. The third kappa shape index (κ3) is 3.50. The summed E-state index contributed by atoms with van der Waals surface area (Å²) in [4.78, 5) is 16.4. The molecule has 0 unspecified atom stereocenters. The zero-order valence-electron chi connectivity index (χ0n) is 11.2. The van der Waals surface area contributed by atoms with Crippen molar-refractivity contribution in [2.24, 2.45) is 0 Å². The molecule has 0 radical (unpaired) electrons. The topological polar surface area (TPSA) is 67.8 Å². The van der Waals surface area contributed by atoms with Crippen molar-refractivity contribution in [3.8, 4) is 10.6 Å². The van der Waals surface area contributed by atoms with Crippen LogP contribution in [0.2, 0.25) is 0 Å². The van der Waals surface area contributed by atoms with Gasteiger partial charge in [0.15, 0.2) is 0 Å². The number of aryl methyl sites for hydroxylation is 1. The second-order valence-corrected chi connectivity index (χ2v) is 6.40. The Balaban J connectivity index is 1.66. The predicted octanol–water partition coefficient (Wildman–Crippen LogP) is 3.15. The van der Waals surface area contributed by atoms with E-state index in [-0.39, 0.29) is 12.3 Å². The Morgan fingerprint density at radius 2 is 2.05 bits per heavy atom. The van der Waals surface area contributed by atoms with E-state index in [0.29, 0.717) is 5.13 Å². The lowest BCUT2D eigenvalue weighted by molar-refractivity contribution is -0.115. The molecule has 3 rings (SSSR count). The van der Waals surface area contributed by atoms with Gasteiger partial charge in [-0.05, 0) is 6.92 Å². The molecule has 0 aliphatic heterocycles. The summed E-state index contributed by atoms with van der Waals surface area (Å²) in [5, 5.41) is 14.6. The van der Waals surface area contributed by atoms with Crippen molar-refractivity contribution in [1.82, 2.24) is 15.2 Å². The summed E-state index contributed by atoms with van der Waals surface area (Å²) in [6.07, 6.45) is 0.238. The van der Waals surface area contributed by atoms with E-state index in [0.717, 1.165) is 21.3 Å². The number of thiazole rings is 1. The van der Waals surface area contributed by atoms with Gasteiger partial charge in [-0.2, -0.15) is 0 Å². The van der Waals surface area contributed by atoms with Crippen LogP contribution in [0.3, 0.4) is 0 Å². The SMILES string of the molecule is Cc1nnc(NC(=O)Cc2csc(-c3ccccc3)n2)s1. The van der Waals surface area contributed by atoms with E-state index in [4.69, 9.17) is 0 Å². The van der Waals surface area contributed by atoms with Gasteiger partial charge in [0, 0.05) is 10.9 Å². The van der Waals surface area contributed by atoms with E-state index in [1.165, 1.54) is 22.7 Å². The highest BCUT2D eigenvalue weighted by atomic mass is 32.1. The van der Waals surface area contributed by atoms with Crippen molar-refractivity contribution in [3.05, 3.63) is 46.4 Å². The first-order valence-electron chi connectivity index (χ1n) is 6.30. The third-order valence-corrected chi connectivity index (χ3v) is 4.38. The van der Waals surface area contributed by atoms with Gasteiger partial charge < -0.3 is 5.32 Å². The van der Waals surface area contributed by atoms with Gasteiger partial charge in [-0.15, -0.1) is 21.5 Å². The van der Waals surface area contributed by atoms with E-state index >= 15 is 0 Å². The molecule has 0 aliphatic rings. The van der Waals surface area contributed by atoms with E-state index in [2.05, 4.69) is 20.5 Å². The first-order valence-corrected chi connectivity index (χ1v) is 8.00. The molecule has 0 saturated carbocycles. The van der Waals surface area contributed by atoms with Crippen molar-refractivity contribution < 1.29 is 4.79 Å². The average Bonchev–Trinajstić information content (AvgIpc) is 3.09. The predicted molar refractivity (Wildman–Crippen MR) is 84.5 cm³/mol. The van der Waals surface area contributed by atoms with Crippen LogP contribution < -0.4 is 5.32 Å². The van der Waals surface area contributed by atoms with Crippen LogP contribution in [0.25, 0.3) is 10.6 Å². The molecule has 0 fully saturated rings. The van der Waals surface area contributed by atoms with Crippen molar-refractivity contribution in [3.63, 3.8) is 0 Å². The van der Waals surface area contributed by atoms with Gasteiger partial charge in [-0.1, -0.05) is 41.7 Å². The fraction of sp³-hybridized carbons (Fsp3) is 0.143. The second-order valence-electron chi connectivity index (χ2n) is 4.36. The fourth-order valence-corrected chi connectivity index (χ4v) is 3.21. The molecular weight excluding hydrogens is 304 g/mol. The lowest BCUT2D eigenvalue weighted by Gasteiger charge is -1.98. The molecule has 0 bridgehead atoms. The Morgan fingerprint density at radius 1 is 1.24 bits per heavy atom. The minimum atomic E-state index is -0.129. The molecule has 0 atom stereocenters. The number of hydrogen-bond donors (Lipinski definition) is 1. The quantitative estimate of drug-likeness (QED) is 0.803. The lowest BCUT2D eigenvalue weighted by Crippen LogP contribution is -2.14. The summed E-state index contributed by atoms with van der Waals surface area (Å²) in [7, 11) is 0. The van der Waals surface area contributed by atoms with Gasteiger partial charge in [0.25, 0.3) is 0 Å². The van der Waals surface area contributed by atoms with Crippen LogP contribution in [0.1, 0.15) is 10.7 Å². The van der Waals surface area contributed by atoms with Crippen molar-refractivity contribution in [1.29, 1.82) is 0 Å². The second kappa shape index (κ2) is 6.11. The number of nitrogens with one attached hydrogen (secondary N) is 1. The standard InChI is InChI=1S/C14H12N4OS2/c1-9-17-18-14(21-9)16-12(19)7-11-8-20-13(15-11)10-5-3-2-4-6-10/h2-6,8H,7H2,1H3,(H,16,18,19). The highest BCUT2D eigenvalue weighted by Crippen LogP contribution is 2.23. The summed E-state index contributed by atoms with van der Waals surface area (Å²) in [6.45, 7) is 1.85. The van der Waals surface area contributed by atoms with Gasteiger partial charge in [-0.3, -0.25) is 4.79 Å². The third-order valence-electron chi connectivity index (χ3n) is 2.69. The van der Waals surface area contributed by atoms with E-state index < -0.39 is 0 Å². The molecule has 0 saturated heterocycles. The maximum Gasteiger partial charge on any atom is 0.232 e. The summed E-state index contributed by atoms with van der Waals surface area (Å²) >= 11 is 2.90. The lowest BCUT2D eigenvalue weighted by atomic mass is 10.2. The minimum Gasteiger partial charge on any atom is -0.300 e. The van der Waals surface area contributed by atoms with Crippen molar-refractivity contribution >= 4 is 33.7 Å². The monoisotopic (exact) mass is 316 g/mol. The fourth-order valence-electron chi connectivity index (χ4n) is 1.78. The summed E-state index contributed by atoms with van der Waals surface area (Å²) in [6, 6.07) is 9.93. The number of benzene rings is 1. The number of carbonyl (C=O) groups excluding carboxylic acids is 1. The zero-order chi connectivity index (χ0) is 14.7.